The number of hydrogen-bond donors (Lipinski definition) is 0. The molecule has 0 aromatic heterocycles. The highest BCUT2D eigenvalue weighted by atomic mass is 19.1. The van der Waals surface area contributed by atoms with Gasteiger partial charge in [0.05, 0.1) is 0 Å². The molecule has 0 nitrogen and oxygen atoms in total. The second-order valence-electron chi connectivity index (χ2n) is 8.57. The smallest absolute Gasteiger partial charge is 0.138 e. The molecule has 0 heterocycles. The molecular weight excluding hydrogens is 391 g/mol. The molecule has 0 amide bonds. The second-order valence-corrected chi connectivity index (χ2v) is 8.57. The van der Waals surface area contributed by atoms with Gasteiger partial charge in [0.1, 0.15) is 5.82 Å². The van der Waals surface area contributed by atoms with E-state index in [0.717, 1.165) is 43.1 Å². The molecule has 4 rings (SSSR count). The fraction of sp³-hybridized carbons (Fsp3) is 0.226. The lowest BCUT2D eigenvalue weighted by molar-refractivity contribution is 0.643. The molecule has 162 valence electrons. The molecule has 0 aliphatic rings. The van der Waals surface area contributed by atoms with E-state index in [2.05, 4.69) is 62.0 Å². The van der Waals surface area contributed by atoms with Crippen molar-refractivity contribution in [3.63, 3.8) is 0 Å². The van der Waals surface area contributed by atoms with Gasteiger partial charge in [-0.2, -0.15) is 0 Å². The average Bonchev–Trinajstić information content (AvgIpc) is 2.83. The lowest BCUT2D eigenvalue weighted by atomic mass is 9.96. The minimum Gasteiger partial charge on any atom is -0.206 e. The second kappa shape index (κ2) is 10.4. The Morgan fingerprint density at radius 3 is 1.97 bits per heavy atom. The first-order chi connectivity index (χ1) is 15.7. The van der Waals surface area contributed by atoms with Gasteiger partial charge in [0.15, 0.2) is 0 Å². The van der Waals surface area contributed by atoms with E-state index >= 15 is 4.39 Å². The molecule has 0 saturated carbocycles. The van der Waals surface area contributed by atoms with Crippen LogP contribution in [-0.4, -0.2) is 0 Å². The fourth-order valence-corrected chi connectivity index (χ4v) is 4.29. The van der Waals surface area contributed by atoms with Gasteiger partial charge in [-0.15, -0.1) is 6.58 Å². The molecule has 0 bridgehead atoms. The van der Waals surface area contributed by atoms with Crippen LogP contribution in [-0.2, 0) is 25.7 Å². The van der Waals surface area contributed by atoms with Gasteiger partial charge in [0.25, 0.3) is 0 Å². The summed E-state index contributed by atoms with van der Waals surface area (Å²) in [5.41, 5.74) is 6.83. The predicted octanol–water partition coefficient (Wildman–Crippen LogP) is 8.50. The third-order valence-corrected chi connectivity index (χ3v) is 6.18. The van der Waals surface area contributed by atoms with E-state index in [-0.39, 0.29) is 5.82 Å². The molecule has 32 heavy (non-hydrogen) atoms. The molecule has 4 aromatic rings. The number of hydrogen-bond acceptors (Lipinski definition) is 0. The van der Waals surface area contributed by atoms with Crippen molar-refractivity contribution in [3.05, 3.63) is 120 Å². The summed E-state index contributed by atoms with van der Waals surface area (Å²) in [6, 6.07) is 27.2. The molecule has 0 fully saturated rings. The Morgan fingerprint density at radius 2 is 1.28 bits per heavy atom. The number of benzene rings is 4. The molecule has 0 aliphatic carbocycles. The summed E-state index contributed by atoms with van der Waals surface area (Å²) in [7, 11) is 0. The number of fused-ring (bicyclic) bond motifs is 1. The molecule has 0 aliphatic heterocycles. The molecule has 0 N–H and O–H groups in total. The Kier molecular flexibility index (Phi) is 7.17. The molecule has 4 aromatic carbocycles. The zero-order valence-corrected chi connectivity index (χ0v) is 18.9. The van der Waals surface area contributed by atoms with Crippen LogP contribution in [0.3, 0.4) is 0 Å². The number of halogens is 1. The van der Waals surface area contributed by atoms with Gasteiger partial charge < -0.3 is 0 Å². The summed E-state index contributed by atoms with van der Waals surface area (Å²) < 4.78 is 15.3. The van der Waals surface area contributed by atoms with Gasteiger partial charge in [0, 0.05) is 10.9 Å². The summed E-state index contributed by atoms with van der Waals surface area (Å²) in [5, 5.41) is 1.65. The van der Waals surface area contributed by atoms with Crippen LogP contribution in [0.15, 0.2) is 91.5 Å². The minimum atomic E-state index is -0.139. The predicted molar refractivity (Wildman–Crippen MR) is 136 cm³/mol. The summed E-state index contributed by atoms with van der Waals surface area (Å²) in [6.07, 6.45) is 8.11. The topological polar surface area (TPSA) is 0 Å². The molecule has 0 spiro atoms. The minimum absolute atomic E-state index is 0.139. The summed E-state index contributed by atoms with van der Waals surface area (Å²) >= 11 is 0. The number of rotatable bonds is 9. The van der Waals surface area contributed by atoms with Crippen LogP contribution in [0.1, 0.15) is 42.0 Å². The largest absolute Gasteiger partial charge is 0.206 e. The van der Waals surface area contributed by atoms with Crippen LogP contribution in [0.5, 0.6) is 0 Å². The lowest BCUT2D eigenvalue weighted by Crippen LogP contribution is -1.94. The Hall–Kier alpha value is -3.19. The molecule has 0 unspecified atom stereocenters. The Labute approximate surface area is 191 Å². The van der Waals surface area contributed by atoms with Crippen LogP contribution < -0.4 is 0 Å². The van der Waals surface area contributed by atoms with E-state index in [1.165, 1.54) is 28.7 Å². The quantitative estimate of drug-likeness (QED) is 0.237. The standard InChI is InChI=1S/C31H31F/c1-3-5-7-24-14-17-27(18-15-24)29-21-19-28-22-26(16-20-30(28)31(29)32)13-12-25-10-8-23(6-4-2)9-11-25/h3,8-11,14-22H,1,4-7,12-13H2,2H3. The third kappa shape index (κ3) is 5.16. The van der Waals surface area contributed by atoms with E-state index in [9.17, 15) is 0 Å². The maximum absolute atomic E-state index is 15.3. The molecule has 0 radical (unpaired) electrons. The zero-order valence-electron chi connectivity index (χ0n) is 18.9. The summed E-state index contributed by atoms with van der Waals surface area (Å²) in [4.78, 5) is 0. The summed E-state index contributed by atoms with van der Waals surface area (Å²) in [5.74, 6) is -0.139. The highest BCUT2D eigenvalue weighted by Crippen LogP contribution is 2.30. The van der Waals surface area contributed by atoms with Gasteiger partial charge in [-0.25, -0.2) is 4.39 Å². The number of allylic oxidation sites excluding steroid dienone is 1. The van der Waals surface area contributed by atoms with E-state index in [1.807, 2.05) is 36.4 Å². The van der Waals surface area contributed by atoms with Crippen molar-refractivity contribution in [2.24, 2.45) is 0 Å². The Bertz CT molecular complexity index is 1180. The van der Waals surface area contributed by atoms with Gasteiger partial charge in [-0.05, 0) is 65.3 Å². The van der Waals surface area contributed by atoms with Crippen LogP contribution >= 0.6 is 0 Å². The maximum Gasteiger partial charge on any atom is 0.138 e. The van der Waals surface area contributed by atoms with Gasteiger partial charge >= 0.3 is 0 Å². The van der Waals surface area contributed by atoms with Crippen molar-refractivity contribution in [2.75, 3.05) is 0 Å². The normalized spacial score (nSPS) is 11.1. The maximum atomic E-state index is 15.3. The van der Waals surface area contributed by atoms with Crippen LogP contribution in [0.2, 0.25) is 0 Å². The molecular formula is C31H31F. The van der Waals surface area contributed by atoms with E-state index < -0.39 is 0 Å². The van der Waals surface area contributed by atoms with E-state index in [0.29, 0.717) is 10.9 Å². The number of aryl methyl sites for hydroxylation is 4. The van der Waals surface area contributed by atoms with Crippen molar-refractivity contribution in [1.82, 2.24) is 0 Å². The Morgan fingerprint density at radius 1 is 0.688 bits per heavy atom. The van der Waals surface area contributed by atoms with Gasteiger partial charge in [0.2, 0.25) is 0 Å². The van der Waals surface area contributed by atoms with Crippen LogP contribution in [0.4, 0.5) is 4.39 Å². The monoisotopic (exact) mass is 422 g/mol. The van der Waals surface area contributed by atoms with Crippen molar-refractivity contribution in [3.8, 4) is 11.1 Å². The van der Waals surface area contributed by atoms with E-state index in [1.54, 1.807) is 0 Å². The van der Waals surface area contributed by atoms with Crippen molar-refractivity contribution < 1.29 is 4.39 Å². The van der Waals surface area contributed by atoms with E-state index in [4.69, 9.17) is 0 Å². The average molecular weight is 423 g/mol. The first-order valence-electron chi connectivity index (χ1n) is 11.7. The van der Waals surface area contributed by atoms with Crippen LogP contribution in [0, 0.1) is 5.82 Å². The SMILES string of the molecule is C=CCCc1ccc(-c2ccc3cc(CCc4ccc(CCC)cc4)ccc3c2F)cc1. The highest BCUT2D eigenvalue weighted by Gasteiger charge is 2.10. The first-order valence-corrected chi connectivity index (χ1v) is 11.7. The fourth-order valence-electron chi connectivity index (χ4n) is 4.29. The third-order valence-electron chi connectivity index (χ3n) is 6.18. The molecule has 0 saturated heterocycles. The molecule has 0 atom stereocenters. The summed E-state index contributed by atoms with van der Waals surface area (Å²) in [6.45, 7) is 5.98. The van der Waals surface area contributed by atoms with Crippen molar-refractivity contribution in [2.45, 2.75) is 45.4 Å². The highest BCUT2D eigenvalue weighted by molar-refractivity contribution is 5.88. The molecule has 1 heteroatoms. The van der Waals surface area contributed by atoms with Crippen LogP contribution in [0.25, 0.3) is 21.9 Å². The Balaban J connectivity index is 1.49. The van der Waals surface area contributed by atoms with Crippen molar-refractivity contribution >= 4 is 10.8 Å². The lowest BCUT2D eigenvalue weighted by Gasteiger charge is -2.10. The van der Waals surface area contributed by atoms with Gasteiger partial charge in [-0.3, -0.25) is 0 Å². The van der Waals surface area contributed by atoms with Crippen molar-refractivity contribution in [1.29, 1.82) is 0 Å². The zero-order chi connectivity index (χ0) is 22.3. The first kappa shape index (κ1) is 22.0. The van der Waals surface area contributed by atoms with Gasteiger partial charge in [-0.1, -0.05) is 98.3 Å².